The van der Waals surface area contributed by atoms with Crippen LogP contribution in [-0.4, -0.2) is 57.8 Å². The Morgan fingerprint density at radius 1 is 0.926 bits per heavy atom. The third kappa shape index (κ3) is 3.50. The number of fused-ring (bicyclic) bond motifs is 1. The molecule has 8 heteroatoms. The molecule has 3 aromatic rings. The molecule has 6 nitrogen and oxygen atoms in total. The van der Waals surface area contributed by atoms with Crippen LogP contribution in [0.2, 0.25) is 10.0 Å². The summed E-state index contributed by atoms with van der Waals surface area (Å²) in [5, 5.41) is 0.835. The molecule has 1 saturated heterocycles. The van der Waals surface area contributed by atoms with Crippen molar-refractivity contribution >= 4 is 46.0 Å². The zero-order valence-corrected chi connectivity index (χ0v) is 15.8. The van der Waals surface area contributed by atoms with Crippen LogP contribution in [0.1, 0.15) is 20.7 Å². The van der Waals surface area contributed by atoms with Crippen molar-refractivity contribution < 1.29 is 9.59 Å². The number of nitrogens with zero attached hydrogens (tertiary/aromatic N) is 3. The second-order valence-corrected chi connectivity index (χ2v) is 7.19. The Morgan fingerprint density at radius 3 is 2.37 bits per heavy atom. The van der Waals surface area contributed by atoms with Crippen molar-refractivity contribution in [2.24, 2.45) is 0 Å². The highest BCUT2D eigenvalue weighted by atomic mass is 35.5. The minimum absolute atomic E-state index is 0.0561. The van der Waals surface area contributed by atoms with Gasteiger partial charge >= 0.3 is 0 Å². The van der Waals surface area contributed by atoms with Gasteiger partial charge in [0.15, 0.2) is 0 Å². The average molecular weight is 403 g/mol. The SMILES string of the molecule is O=C(c1ccc2nc[nH]c2c1)N1CCN(C(=O)c2cc(Cl)ccc2Cl)CC1. The molecule has 138 valence electrons. The maximum absolute atomic E-state index is 12.8. The third-order valence-electron chi connectivity index (χ3n) is 4.68. The molecule has 0 radical (unpaired) electrons. The number of aromatic amines is 1. The van der Waals surface area contributed by atoms with Gasteiger partial charge in [0, 0.05) is 36.8 Å². The van der Waals surface area contributed by atoms with Gasteiger partial charge in [0.05, 0.1) is 27.9 Å². The van der Waals surface area contributed by atoms with Crippen LogP contribution in [0, 0.1) is 0 Å². The zero-order valence-electron chi connectivity index (χ0n) is 14.3. The lowest BCUT2D eigenvalue weighted by Gasteiger charge is -2.35. The van der Waals surface area contributed by atoms with E-state index in [1.807, 2.05) is 6.07 Å². The lowest BCUT2D eigenvalue weighted by Crippen LogP contribution is -2.50. The van der Waals surface area contributed by atoms with E-state index in [2.05, 4.69) is 9.97 Å². The van der Waals surface area contributed by atoms with Crippen molar-refractivity contribution in [1.29, 1.82) is 0 Å². The summed E-state index contributed by atoms with van der Waals surface area (Å²) >= 11 is 12.1. The van der Waals surface area contributed by atoms with Crippen molar-refractivity contribution in [1.82, 2.24) is 19.8 Å². The number of carbonyl (C=O) groups excluding carboxylic acids is 2. The first-order valence-electron chi connectivity index (χ1n) is 8.49. The summed E-state index contributed by atoms with van der Waals surface area (Å²) in [6, 6.07) is 10.2. The first-order valence-corrected chi connectivity index (χ1v) is 9.25. The van der Waals surface area contributed by atoms with Gasteiger partial charge in [-0.15, -0.1) is 0 Å². The summed E-state index contributed by atoms with van der Waals surface area (Å²) in [7, 11) is 0. The van der Waals surface area contributed by atoms with Gasteiger partial charge in [-0.05, 0) is 36.4 Å². The van der Waals surface area contributed by atoms with Crippen molar-refractivity contribution in [3.63, 3.8) is 0 Å². The Balaban J connectivity index is 1.44. The Bertz CT molecular complexity index is 1030. The van der Waals surface area contributed by atoms with Gasteiger partial charge < -0.3 is 14.8 Å². The Kier molecular flexibility index (Phi) is 4.76. The number of nitrogens with one attached hydrogen (secondary N) is 1. The van der Waals surface area contributed by atoms with Crippen LogP contribution in [0.5, 0.6) is 0 Å². The summed E-state index contributed by atoms with van der Waals surface area (Å²) in [5.74, 6) is -0.229. The van der Waals surface area contributed by atoms with Gasteiger partial charge in [0.25, 0.3) is 11.8 Å². The smallest absolute Gasteiger partial charge is 0.255 e. The van der Waals surface area contributed by atoms with E-state index in [0.717, 1.165) is 11.0 Å². The van der Waals surface area contributed by atoms with Crippen LogP contribution in [0.15, 0.2) is 42.7 Å². The summed E-state index contributed by atoms with van der Waals surface area (Å²) in [6.45, 7) is 1.81. The molecule has 4 rings (SSSR count). The molecule has 0 saturated carbocycles. The first kappa shape index (κ1) is 17.8. The van der Waals surface area contributed by atoms with Crippen LogP contribution >= 0.6 is 23.2 Å². The molecule has 0 spiro atoms. The highest BCUT2D eigenvalue weighted by Gasteiger charge is 2.26. The van der Waals surface area contributed by atoms with Gasteiger partial charge in [-0.1, -0.05) is 23.2 Å². The highest BCUT2D eigenvalue weighted by Crippen LogP contribution is 2.23. The number of halogens is 2. The van der Waals surface area contributed by atoms with Gasteiger partial charge in [0.2, 0.25) is 0 Å². The summed E-state index contributed by atoms with van der Waals surface area (Å²) in [4.78, 5) is 36.1. The number of piperazine rings is 1. The summed E-state index contributed by atoms with van der Waals surface area (Å²) in [6.07, 6.45) is 1.60. The number of H-pyrrole nitrogens is 1. The predicted molar refractivity (Wildman–Crippen MR) is 104 cm³/mol. The molecule has 0 unspecified atom stereocenters. The largest absolute Gasteiger partial charge is 0.345 e. The second kappa shape index (κ2) is 7.21. The van der Waals surface area contributed by atoms with E-state index < -0.39 is 0 Å². The van der Waals surface area contributed by atoms with Crippen LogP contribution < -0.4 is 0 Å². The molecule has 1 fully saturated rings. The van der Waals surface area contributed by atoms with E-state index in [4.69, 9.17) is 23.2 Å². The maximum Gasteiger partial charge on any atom is 0.255 e. The molecular formula is C19H16Cl2N4O2. The Labute approximate surface area is 165 Å². The molecule has 27 heavy (non-hydrogen) atoms. The molecule has 1 N–H and O–H groups in total. The minimum Gasteiger partial charge on any atom is -0.345 e. The average Bonchev–Trinajstić information content (AvgIpc) is 3.16. The number of carbonyl (C=O) groups is 2. The molecule has 1 aliphatic heterocycles. The highest BCUT2D eigenvalue weighted by molar-refractivity contribution is 6.35. The van der Waals surface area contributed by atoms with Crippen LogP contribution in [0.3, 0.4) is 0 Å². The van der Waals surface area contributed by atoms with Gasteiger partial charge in [-0.25, -0.2) is 4.98 Å². The molecule has 2 heterocycles. The van der Waals surface area contributed by atoms with Crippen LogP contribution in [0.4, 0.5) is 0 Å². The number of hydrogen-bond donors (Lipinski definition) is 1. The quantitative estimate of drug-likeness (QED) is 0.713. The van der Waals surface area contributed by atoms with Crippen LogP contribution in [0.25, 0.3) is 11.0 Å². The van der Waals surface area contributed by atoms with Crippen molar-refractivity contribution in [2.75, 3.05) is 26.2 Å². The van der Waals surface area contributed by atoms with Crippen LogP contribution in [-0.2, 0) is 0 Å². The molecule has 2 amide bonds. The normalized spacial score (nSPS) is 14.6. The van der Waals surface area contributed by atoms with Gasteiger partial charge in [-0.3, -0.25) is 9.59 Å². The number of amides is 2. The van der Waals surface area contributed by atoms with Crippen molar-refractivity contribution in [3.8, 4) is 0 Å². The molecule has 1 aliphatic rings. The molecule has 0 atom stereocenters. The molecule has 0 aliphatic carbocycles. The van der Waals surface area contributed by atoms with E-state index in [1.165, 1.54) is 0 Å². The number of rotatable bonds is 2. The number of aromatic nitrogens is 2. The summed E-state index contributed by atoms with van der Waals surface area (Å²) < 4.78 is 0. The number of benzene rings is 2. The first-order chi connectivity index (χ1) is 13.0. The van der Waals surface area contributed by atoms with E-state index >= 15 is 0 Å². The lowest BCUT2D eigenvalue weighted by molar-refractivity contribution is 0.0535. The zero-order chi connectivity index (χ0) is 19.0. The van der Waals surface area contributed by atoms with Crippen molar-refractivity contribution in [2.45, 2.75) is 0 Å². The minimum atomic E-state index is -0.173. The van der Waals surface area contributed by atoms with E-state index in [0.29, 0.717) is 47.4 Å². The van der Waals surface area contributed by atoms with E-state index in [-0.39, 0.29) is 11.8 Å². The monoisotopic (exact) mass is 402 g/mol. The predicted octanol–water partition coefficient (Wildman–Crippen LogP) is 3.47. The number of imidazole rings is 1. The molecule has 2 aromatic carbocycles. The van der Waals surface area contributed by atoms with E-state index in [9.17, 15) is 9.59 Å². The molecular weight excluding hydrogens is 387 g/mol. The van der Waals surface area contributed by atoms with Crippen molar-refractivity contribution in [3.05, 3.63) is 63.9 Å². The number of hydrogen-bond acceptors (Lipinski definition) is 3. The second-order valence-electron chi connectivity index (χ2n) is 6.34. The fourth-order valence-electron chi connectivity index (χ4n) is 3.20. The third-order valence-corrected chi connectivity index (χ3v) is 5.24. The summed E-state index contributed by atoms with van der Waals surface area (Å²) in [5.41, 5.74) is 2.63. The Morgan fingerprint density at radius 2 is 1.63 bits per heavy atom. The Hall–Kier alpha value is -2.57. The topological polar surface area (TPSA) is 69.3 Å². The molecule has 0 bridgehead atoms. The fraction of sp³-hybridized carbons (Fsp3) is 0.211. The van der Waals surface area contributed by atoms with Gasteiger partial charge in [-0.2, -0.15) is 0 Å². The fourth-order valence-corrected chi connectivity index (χ4v) is 3.57. The van der Waals surface area contributed by atoms with Gasteiger partial charge in [0.1, 0.15) is 0 Å². The van der Waals surface area contributed by atoms with E-state index in [1.54, 1.807) is 46.5 Å². The molecule has 1 aromatic heterocycles. The lowest BCUT2D eigenvalue weighted by atomic mass is 10.1. The maximum atomic E-state index is 12.8. The standard InChI is InChI=1S/C19H16Cl2N4O2/c20-13-2-3-15(21)14(10-13)19(27)25-7-5-24(6-8-25)18(26)12-1-4-16-17(9-12)23-11-22-16/h1-4,9-11H,5-8H2,(H,22,23).